The number of hydrogen-bond acceptors (Lipinski definition) is 4. The Hall–Kier alpha value is -1.37. The van der Waals surface area contributed by atoms with Gasteiger partial charge in [-0.3, -0.25) is 9.59 Å². The first-order valence-electron chi connectivity index (χ1n) is 6.77. The zero-order chi connectivity index (χ0) is 13.2. The van der Waals surface area contributed by atoms with Crippen LogP contribution in [-0.4, -0.2) is 18.4 Å². The van der Waals surface area contributed by atoms with Crippen molar-refractivity contribution >= 4 is 11.8 Å². The number of esters is 1. The molecule has 0 heterocycles. The molecule has 0 amide bonds. The maximum atomic E-state index is 12.1. The van der Waals surface area contributed by atoms with Crippen molar-refractivity contribution in [2.45, 2.75) is 45.4 Å². The molecule has 2 rings (SSSR count). The molecular weight excluding hydrogens is 230 g/mol. The SMILES string of the molecule is CCOC(=O)[C@H]1CCC[C@]2(C#N)C(=O)CCC[C@H]12. The topological polar surface area (TPSA) is 67.2 Å². The summed E-state index contributed by atoms with van der Waals surface area (Å²) < 4.78 is 5.10. The summed E-state index contributed by atoms with van der Waals surface area (Å²) in [6.07, 6.45) is 4.20. The summed E-state index contributed by atoms with van der Waals surface area (Å²) in [7, 11) is 0. The summed E-state index contributed by atoms with van der Waals surface area (Å²) in [5.41, 5.74) is -0.909. The lowest BCUT2D eigenvalue weighted by Gasteiger charge is -2.44. The molecule has 4 heteroatoms. The molecule has 18 heavy (non-hydrogen) atoms. The number of nitrogens with zero attached hydrogens (tertiary/aromatic N) is 1. The van der Waals surface area contributed by atoms with Crippen LogP contribution in [0.4, 0.5) is 0 Å². The second-order valence-corrected chi connectivity index (χ2v) is 5.26. The predicted octanol–water partition coefficient (Wildman–Crippen LogP) is 2.23. The maximum absolute atomic E-state index is 12.1. The third-order valence-corrected chi connectivity index (χ3v) is 4.41. The van der Waals surface area contributed by atoms with E-state index >= 15 is 0 Å². The van der Waals surface area contributed by atoms with Gasteiger partial charge in [-0.1, -0.05) is 6.42 Å². The summed E-state index contributed by atoms with van der Waals surface area (Å²) in [6.45, 7) is 2.14. The highest BCUT2D eigenvalue weighted by atomic mass is 16.5. The van der Waals surface area contributed by atoms with Gasteiger partial charge in [-0.15, -0.1) is 0 Å². The zero-order valence-electron chi connectivity index (χ0n) is 10.8. The first-order chi connectivity index (χ1) is 8.65. The quantitative estimate of drug-likeness (QED) is 0.704. The number of ether oxygens (including phenoxy) is 1. The number of ketones is 1. The number of nitriles is 1. The standard InChI is InChI=1S/C14H19NO3/c1-2-18-13(17)10-5-4-8-14(9-15)11(10)6-3-7-12(14)16/h10-11H,2-8H2,1H3/t10-,11+,14+/m0/s1. The Bertz CT molecular complexity index is 398. The normalized spacial score (nSPS) is 35.4. The van der Waals surface area contributed by atoms with Gasteiger partial charge in [0.25, 0.3) is 0 Å². The Morgan fingerprint density at radius 3 is 2.94 bits per heavy atom. The Morgan fingerprint density at radius 1 is 1.50 bits per heavy atom. The molecule has 0 saturated heterocycles. The van der Waals surface area contributed by atoms with Crippen LogP contribution in [0, 0.1) is 28.6 Å². The van der Waals surface area contributed by atoms with Crippen molar-refractivity contribution < 1.29 is 14.3 Å². The minimum atomic E-state index is -0.909. The fourth-order valence-corrected chi connectivity index (χ4v) is 3.56. The predicted molar refractivity (Wildman–Crippen MR) is 64.4 cm³/mol. The average molecular weight is 249 g/mol. The third-order valence-electron chi connectivity index (χ3n) is 4.41. The van der Waals surface area contributed by atoms with E-state index < -0.39 is 5.41 Å². The molecule has 0 aromatic heterocycles. The van der Waals surface area contributed by atoms with Crippen molar-refractivity contribution in [2.75, 3.05) is 6.61 Å². The summed E-state index contributed by atoms with van der Waals surface area (Å²) in [6, 6.07) is 2.24. The molecule has 0 aromatic rings. The molecule has 0 spiro atoms. The fourth-order valence-electron chi connectivity index (χ4n) is 3.56. The van der Waals surface area contributed by atoms with Crippen molar-refractivity contribution in [3.05, 3.63) is 0 Å². The van der Waals surface area contributed by atoms with Gasteiger partial charge < -0.3 is 4.74 Å². The summed E-state index contributed by atoms with van der Waals surface area (Å²) in [5.74, 6) is -0.578. The van der Waals surface area contributed by atoms with E-state index in [-0.39, 0.29) is 23.6 Å². The highest BCUT2D eigenvalue weighted by molar-refractivity contribution is 5.90. The van der Waals surface area contributed by atoms with Crippen LogP contribution < -0.4 is 0 Å². The first-order valence-corrected chi connectivity index (χ1v) is 6.77. The lowest BCUT2D eigenvalue weighted by Crippen LogP contribution is -2.49. The highest BCUT2D eigenvalue weighted by Crippen LogP contribution is 2.51. The highest BCUT2D eigenvalue weighted by Gasteiger charge is 2.54. The second-order valence-electron chi connectivity index (χ2n) is 5.26. The Kier molecular flexibility index (Phi) is 3.70. The molecule has 2 aliphatic rings. The molecule has 0 aliphatic heterocycles. The van der Waals surface area contributed by atoms with Crippen LogP contribution in [0.25, 0.3) is 0 Å². The van der Waals surface area contributed by atoms with Crippen molar-refractivity contribution in [1.82, 2.24) is 0 Å². The number of Topliss-reactive ketones (excluding diaryl/α,β-unsaturated/α-hetero) is 1. The minimum Gasteiger partial charge on any atom is -0.466 e. The van der Waals surface area contributed by atoms with Crippen molar-refractivity contribution in [1.29, 1.82) is 5.26 Å². The van der Waals surface area contributed by atoms with Gasteiger partial charge in [-0.05, 0) is 38.5 Å². The van der Waals surface area contributed by atoms with Gasteiger partial charge in [-0.2, -0.15) is 5.26 Å². The fraction of sp³-hybridized carbons (Fsp3) is 0.786. The third kappa shape index (κ3) is 1.92. The number of rotatable bonds is 2. The molecule has 2 aliphatic carbocycles. The van der Waals surface area contributed by atoms with E-state index in [1.165, 1.54) is 0 Å². The average Bonchev–Trinajstić information content (AvgIpc) is 2.39. The molecule has 2 fully saturated rings. The molecule has 0 N–H and O–H groups in total. The van der Waals surface area contributed by atoms with Crippen LogP contribution in [0.5, 0.6) is 0 Å². The monoisotopic (exact) mass is 249 g/mol. The van der Waals surface area contributed by atoms with E-state index in [0.717, 1.165) is 25.7 Å². The molecule has 0 radical (unpaired) electrons. The summed E-state index contributed by atoms with van der Waals surface area (Å²) >= 11 is 0. The lowest BCUT2D eigenvalue weighted by molar-refractivity contribution is -0.156. The molecule has 2 saturated carbocycles. The first kappa shape index (κ1) is 13.1. The maximum Gasteiger partial charge on any atom is 0.309 e. The van der Waals surface area contributed by atoms with E-state index in [1.54, 1.807) is 6.92 Å². The molecule has 4 nitrogen and oxygen atoms in total. The van der Waals surface area contributed by atoms with Gasteiger partial charge in [-0.25, -0.2) is 0 Å². The molecular formula is C14H19NO3. The van der Waals surface area contributed by atoms with Crippen LogP contribution in [-0.2, 0) is 14.3 Å². The van der Waals surface area contributed by atoms with Crippen molar-refractivity contribution in [3.8, 4) is 6.07 Å². The second kappa shape index (κ2) is 5.09. The lowest BCUT2D eigenvalue weighted by atomic mass is 9.56. The molecule has 0 bridgehead atoms. The van der Waals surface area contributed by atoms with E-state index in [2.05, 4.69) is 6.07 Å². The van der Waals surface area contributed by atoms with Crippen LogP contribution in [0.15, 0.2) is 0 Å². The molecule has 3 atom stereocenters. The molecule has 0 unspecified atom stereocenters. The van der Waals surface area contributed by atoms with Crippen molar-refractivity contribution in [2.24, 2.45) is 17.3 Å². The Labute approximate surface area is 107 Å². The Morgan fingerprint density at radius 2 is 2.28 bits per heavy atom. The largest absolute Gasteiger partial charge is 0.466 e. The molecule has 0 aromatic carbocycles. The number of carbonyl (C=O) groups excluding carboxylic acids is 2. The van der Waals surface area contributed by atoms with Crippen LogP contribution in [0.1, 0.15) is 45.4 Å². The van der Waals surface area contributed by atoms with Crippen LogP contribution in [0.3, 0.4) is 0 Å². The van der Waals surface area contributed by atoms with Gasteiger partial charge in [0, 0.05) is 6.42 Å². The van der Waals surface area contributed by atoms with Crippen molar-refractivity contribution in [3.63, 3.8) is 0 Å². The van der Waals surface area contributed by atoms with E-state index in [9.17, 15) is 14.9 Å². The minimum absolute atomic E-state index is 0.0373. The van der Waals surface area contributed by atoms with E-state index in [4.69, 9.17) is 4.74 Å². The number of hydrogen-bond donors (Lipinski definition) is 0. The molecule has 98 valence electrons. The van der Waals surface area contributed by atoms with Gasteiger partial charge in [0.2, 0.25) is 0 Å². The smallest absolute Gasteiger partial charge is 0.309 e. The summed E-state index contributed by atoms with van der Waals surface area (Å²) in [4.78, 5) is 24.1. The number of fused-ring (bicyclic) bond motifs is 1. The van der Waals surface area contributed by atoms with E-state index in [1.807, 2.05) is 0 Å². The van der Waals surface area contributed by atoms with Crippen LogP contribution in [0.2, 0.25) is 0 Å². The zero-order valence-corrected chi connectivity index (χ0v) is 10.8. The number of carbonyl (C=O) groups is 2. The van der Waals surface area contributed by atoms with Gasteiger partial charge in [0.05, 0.1) is 18.6 Å². The van der Waals surface area contributed by atoms with E-state index in [0.29, 0.717) is 19.4 Å². The van der Waals surface area contributed by atoms with Gasteiger partial charge in [0.15, 0.2) is 5.78 Å². The van der Waals surface area contributed by atoms with Crippen LogP contribution >= 0.6 is 0 Å². The summed E-state index contributed by atoms with van der Waals surface area (Å²) in [5, 5.41) is 9.45. The van der Waals surface area contributed by atoms with Gasteiger partial charge >= 0.3 is 5.97 Å². The van der Waals surface area contributed by atoms with Gasteiger partial charge in [0.1, 0.15) is 5.41 Å². The Balaban J connectivity index is 2.28.